The van der Waals surface area contributed by atoms with Gasteiger partial charge in [-0.2, -0.15) is 5.26 Å². The number of nitrogens with zero attached hydrogens (tertiary/aromatic N) is 2. The second kappa shape index (κ2) is 13.5. The predicted molar refractivity (Wildman–Crippen MR) is 146 cm³/mol. The first-order valence-corrected chi connectivity index (χ1v) is 15.0. The van der Waals surface area contributed by atoms with Crippen molar-refractivity contribution in [2.45, 2.75) is 42.0 Å². The molecule has 2 atom stereocenters. The smallest absolute Gasteiger partial charge is 0.230 e. The van der Waals surface area contributed by atoms with Crippen LogP contribution < -0.4 is 15.5 Å². The Morgan fingerprint density at radius 2 is 1.70 bits per heavy atom. The first-order chi connectivity index (χ1) is 17.7. The number of carbonyl (C=O) groups excluding carboxylic acids is 2. The molecule has 0 unspecified atom stereocenters. The summed E-state index contributed by atoms with van der Waals surface area (Å²) in [5, 5.41) is 14.2. The average Bonchev–Trinajstić information content (AvgIpc) is 2.90. The lowest BCUT2D eigenvalue weighted by atomic mass is 9.80. The van der Waals surface area contributed by atoms with Crippen molar-refractivity contribution in [1.29, 1.82) is 5.26 Å². The number of amides is 2. The zero-order valence-corrected chi connectivity index (χ0v) is 22.9. The van der Waals surface area contributed by atoms with Gasteiger partial charge in [-0.15, -0.1) is 11.8 Å². The maximum atomic E-state index is 13.1. The third-order valence-electron chi connectivity index (χ3n) is 6.52. The van der Waals surface area contributed by atoms with Crippen LogP contribution in [0, 0.1) is 23.2 Å². The van der Waals surface area contributed by atoms with Gasteiger partial charge >= 0.3 is 0 Å². The highest BCUT2D eigenvalue weighted by Gasteiger charge is 2.34. The lowest BCUT2D eigenvalue weighted by molar-refractivity contribution is -0.127. The summed E-state index contributed by atoms with van der Waals surface area (Å²) in [4.78, 5) is 27.7. The summed E-state index contributed by atoms with van der Waals surface area (Å²) >= 11 is 1.34. The van der Waals surface area contributed by atoms with E-state index in [1.165, 1.54) is 11.8 Å². The summed E-state index contributed by atoms with van der Waals surface area (Å²) in [5.41, 5.74) is 2.11. The number of thioether (sulfide) groups is 1. The van der Waals surface area contributed by atoms with Gasteiger partial charge in [-0.25, -0.2) is 8.42 Å². The molecule has 2 aromatic rings. The van der Waals surface area contributed by atoms with Gasteiger partial charge in [-0.05, 0) is 60.7 Å². The number of sulfone groups is 1. The summed E-state index contributed by atoms with van der Waals surface area (Å²) in [6.07, 6.45) is 3.08. The van der Waals surface area contributed by atoms with Crippen molar-refractivity contribution in [2.75, 3.05) is 37.0 Å². The van der Waals surface area contributed by atoms with Crippen LogP contribution in [0.5, 0.6) is 0 Å². The molecule has 2 aromatic carbocycles. The van der Waals surface area contributed by atoms with E-state index in [0.717, 1.165) is 29.0 Å². The van der Waals surface area contributed by atoms with E-state index in [0.29, 0.717) is 19.4 Å². The van der Waals surface area contributed by atoms with E-state index in [9.17, 15) is 18.0 Å². The minimum Gasteiger partial charge on any atom is -0.378 e. The zero-order valence-electron chi connectivity index (χ0n) is 21.3. The molecule has 37 heavy (non-hydrogen) atoms. The molecular formula is C27H34N4O4S2. The van der Waals surface area contributed by atoms with E-state index < -0.39 is 15.8 Å². The number of benzene rings is 2. The quantitative estimate of drug-likeness (QED) is 0.330. The van der Waals surface area contributed by atoms with E-state index in [1.54, 1.807) is 24.3 Å². The maximum Gasteiger partial charge on any atom is 0.230 e. The minimum absolute atomic E-state index is 0.0736. The number of anilines is 1. The van der Waals surface area contributed by atoms with Crippen LogP contribution in [0.3, 0.4) is 0 Å². The normalized spacial score (nSPS) is 17.4. The number of carbonyl (C=O) groups is 2. The van der Waals surface area contributed by atoms with Gasteiger partial charge in [0.15, 0.2) is 9.84 Å². The summed E-state index contributed by atoms with van der Waals surface area (Å²) in [5.74, 6) is -0.871. The van der Waals surface area contributed by atoms with Gasteiger partial charge in [-0.3, -0.25) is 9.59 Å². The highest BCUT2D eigenvalue weighted by Crippen LogP contribution is 2.33. The van der Waals surface area contributed by atoms with Crippen LogP contribution in [0.4, 0.5) is 5.69 Å². The van der Waals surface area contributed by atoms with Crippen LogP contribution >= 0.6 is 11.8 Å². The van der Waals surface area contributed by atoms with Crippen LogP contribution in [-0.4, -0.2) is 52.4 Å². The molecule has 1 saturated carbocycles. The zero-order chi connectivity index (χ0) is 26.8. The Labute approximate surface area is 223 Å². The Bertz CT molecular complexity index is 1210. The first kappa shape index (κ1) is 28.5. The molecule has 198 valence electrons. The van der Waals surface area contributed by atoms with Gasteiger partial charge in [0.05, 0.1) is 22.5 Å². The second-order valence-electron chi connectivity index (χ2n) is 9.41. The Morgan fingerprint density at radius 1 is 1.03 bits per heavy atom. The minimum atomic E-state index is -3.58. The fourth-order valence-corrected chi connectivity index (χ4v) is 6.88. The van der Waals surface area contributed by atoms with Gasteiger partial charge in [0.1, 0.15) is 6.54 Å². The van der Waals surface area contributed by atoms with Gasteiger partial charge < -0.3 is 15.5 Å². The third kappa shape index (κ3) is 8.51. The molecule has 3 rings (SSSR count). The molecule has 0 spiro atoms. The van der Waals surface area contributed by atoms with Gasteiger partial charge in [-0.1, -0.05) is 25.0 Å². The molecule has 0 aliphatic heterocycles. The molecule has 0 bridgehead atoms. The highest BCUT2D eigenvalue weighted by atomic mass is 32.2. The number of nitrogens with one attached hydrogen (secondary N) is 2. The third-order valence-corrected chi connectivity index (χ3v) is 9.39. The Morgan fingerprint density at radius 3 is 2.35 bits per heavy atom. The average molecular weight is 543 g/mol. The van der Waals surface area contributed by atoms with Crippen LogP contribution in [-0.2, 0) is 26.0 Å². The number of hydrogen-bond donors (Lipinski definition) is 2. The van der Waals surface area contributed by atoms with Gasteiger partial charge in [0.25, 0.3) is 0 Å². The standard InChI is InChI=1S/C27H34N4O4S2/c1-31(2)22-9-7-20(8-10-22)17-30-26(32)18-36-23-11-13-24(14-12-23)37(34,35)19-21-5-3-4-6-25(21)27(33)29-16-15-28/h7-14,21,25H,3-6,16-19H2,1-2H3,(H,29,33)(H,30,32)/t21-,25+/m0/s1. The van der Waals surface area contributed by atoms with Crippen molar-refractivity contribution >= 4 is 39.1 Å². The van der Waals surface area contributed by atoms with E-state index in [1.807, 2.05) is 49.3 Å². The fraction of sp³-hybridized carbons (Fsp3) is 0.444. The molecular weight excluding hydrogens is 508 g/mol. The lowest BCUT2D eigenvalue weighted by Crippen LogP contribution is -2.39. The maximum absolute atomic E-state index is 13.1. The molecule has 1 aliphatic carbocycles. The van der Waals surface area contributed by atoms with E-state index in [4.69, 9.17) is 5.26 Å². The summed E-state index contributed by atoms with van der Waals surface area (Å²) < 4.78 is 26.2. The van der Waals surface area contributed by atoms with Crippen molar-refractivity contribution < 1.29 is 18.0 Å². The van der Waals surface area contributed by atoms with E-state index >= 15 is 0 Å². The molecule has 0 heterocycles. The van der Waals surface area contributed by atoms with Crippen LogP contribution in [0.2, 0.25) is 0 Å². The number of nitriles is 1. The molecule has 0 radical (unpaired) electrons. The van der Waals surface area contributed by atoms with Crippen molar-refractivity contribution in [3.63, 3.8) is 0 Å². The molecule has 10 heteroatoms. The molecule has 1 fully saturated rings. The molecule has 2 N–H and O–H groups in total. The summed E-state index contributed by atoms with van der Waals surface area (Å²) in [6, 6.07) is 16.4. The molecule has 1 aliphatic rings. The molecule has 2 amide bonds. The van der Waals surface area contributed by atoms with E-state index in [2.05, 4.69) is 10.6 Å². The number of rotatable bonds is 11. The van der Waals surface area contributed by atoms with Crippen molar-refractivity contribution in [1.82, 2.24) is 10.6 Å². The lowest BCUT2D eigenvalue weighted by Gasteiger charge is -2.30. The second-order valence-corrected chi connectivity index (χ2v) is 12.5. The Kier molecular flexibility index (Phi) is 10.4. The Balaban J connectivity index is 1.51. The first-order valence-electron chi connectivity index (χ1n) is 12.3. The van der Waals surface area contributed by atoms with Crippen LogP contribution in [0.15, 0.2) is 58.3 Å². The largest absolute Gasteiger partial charge is 0.378 e. The van der Waals surface area contributed by atoms with Gasteiger partial charge in [0, 0.05) is 37.1 Å². The summed E-state index contributed by atoms with van der Waals surface area (Å²) in [7, 11) is 0.370. The molecule has 0 aromatic heterocycles. The van der Waals surface area contributed by atoms with Crippen molar-refractivity contribution in [3.05, 3.63) is 54.1 Å². The Hall–Kier alpha value is -3.03. The highest BCUT2D eigenvalue weighted by molar-refractivity contribution is 8.00. The molecule has 0 saturated heterocycles. The van der Waals surface area contributed by atoms with Crippen molar-refractivity contribution in [3.8, 4) is 6.07 Å². The van der Waals surface area contributed by atoms with Crippen molar-refractivity contribution in [2.24, 2.45) is 11.8 Å². The van der Waals surface area contributed by atoms with Crippen LogP contribution in [0.25, 0.3) is 0 Å². The number of hydrogen-bond acceptors (Lipinski definition) is 7. The summed E-state index contributed by atoms with van der Waals surface area (Å²) in [6.45, 7) is 0.372. The van der Waals surface area contributed by atoms with E-state index in [-0.39, 0.29) is 40.7 Å². The SMILES string of the molecule is CN(C)c1ccc(CNC(=O)CSc2ccc(S(=O)(=O)C[C@@H]3CCCC[C@H]3C(=O)NCC#N)cc2)cc1. The fourth-order valence-electron chi connectivity index (χ4n) is 4.44. The topological polar surface area (TPSA) is 119 Å². The van der Waals surface area contributed by atoms with Crippen LogP contribution in [0.1, 0.15) is 31.2 Å². The molecule has 8 nitrogen and oxygen atoms in total. The monoisotopic (exact) mass is 542 g/mol. The van der Waals surface area contributed by atoms with Gasteiger partial charge in [0.2, 0.25) is 11.8 Å². The predicted octanol–water partition coefficient (Wildman–Crippen LogP) is 3.38.